The molecule has 0 saturated heterocycles. The Labute approximate surface area is 133 Å². The number of hydrogen-bond acceptors (Lipinski definition) is 3. The third-order valence-electron chi connectivity index (χ3n) is 2.93. The van der Waals surface area contributed by atoms with Gasteiger partial charge < -0.3 is 15.2 Å². The zero-order chi connectivity index (χ0) is 15.9. The predicted molar refractivity (Wildman–Crippen MR) is 86.5 cm³/mol. The molecule has 2 aromatic carbocycles. The first-order chi connectivity index (χ1) is 10.6. The largest absolute Gasteiger partial charge is 0.481 e. The number of terminal acetylenes is 1. The number of carboxylic acid groups (broad SMARTS) is 1. The number of carboxylic acids is 1. The molecule has 0 aromatic heterocycles. The van der Waals surface area contributed by atoms with Crippen LogP contribution in [0.15, 0.2) is 42.5 Å². The second-order valence-corrected chi connectivity index (χ2v) is 4.92. The van der Waals surface area contributed by atoms with E-state index in [1.165, 1.54) is 6.07 Å². The van der Waals surface area contributed by atoms with E-state index in [1.807, 2.05) is 0 Å². The van der Waals surface area contributed by atoms with Gasteiger partial charge in [0.15, 0.2) is 0 Å². The first-order valence-corrected chi connectivity index (χ1v) is 6.90. The van der Waals surface area contributed by atoms with Crippen LogP contribution in [-0.4, -0.2) is 17.7 Å². The van der Waals surface area contributed by atoms with Gasteiger partial charge >= 0.3 is 5.97 Å². The fourth-order valence-electron chi connectivity index (χ4n) is 1.91. The average Bonchev–Trinajstić information content (AvgIpc) is 2.52. The minimum Gasteiger partial charge on any atom is -0.481 e. The van der Waals surface area contributed by atoms with E-state index in [4.69, 9.17) is 27.9 Å². The Balaban J connectivity index is 2.14. The summed E-state index contributed by atoms with van der Waals surface area (Å²) in [6.45, 7) is 0.604. The second-order valence-electron chi connectivity index (χ2n) is 4.48. The number of rotatable bonds is 6. The summed E-state index contributed by atoms with van der Waals surface area (Å²) in [5, 5.41) is 12.7. The van der Waals surface area contributed by atoms with Crippen LogP contribution >= 0.6 is 11.6 Å². The lowest BCUT2D eigenvalue weighted by atomic mass is 10.1. The van der Waals surface area contributed by atoms with Crippen molar-refractivity contribution in [2.75, 3.05) is 11.9 Å². The number of aromatic carboxylic acids is 1. The highest BCUT2D eigenvalue weighted by atomic mass is 35.5. The van der Waals surface area contributed by atoms with Crippen LogP contribution in [0.2, 0.25) is 5.02 Å². The second kappa shape index (κ2) is 7.39. The summed E-state index contributed by atoms with van der Waals surface area (Å²) in [4.78, 5) is 11.0. The van der Waals surface area contributed by atoms with Gasteiger partial charge in [0.1, 0.15) is 12.4 Å². The highest BCUT2D eigenvalue weighted by Crippen LogP contribution is 2.24. The number of nitrogens with one attached hydrogen (secondary N) is 1. The Bertz CT molecular complexity index is 722. The van der Waals surface area contributed by atoms with Crippen molar-refractivity contribution < 1.29 is 14.6 Å². The topological polar surface area (TPSA) is 58.6 Å². The molecule has 22 heavy (non-hydrogen) atoms. The summed E-state index contributed by atoms with van der Waals surface area (Å²) in [5.74, 6) is 2.09. The fourth-order valence-corrected chi connectivity index (χ4v) is 2.10. The Morgan fingerprint density at radius 2 is 2.14 bits per heavy atom. The third-order valence-corrected chi connectivity index (χ3v) is 3.16. The lowest BCUT2D eigenvalue weighted by molar-refractivity contribution is 0.0697. The molecule has 0 heterocycles. The maximum Gasteiger partial charge on any atom is 0.335 e. The lowest BCUT2D eigenvalue weighted by Crippen LogP contribution is -2.05. The van der Waals surface area contributed by atoms with Gasteiger partial charge in [0.2, 0.25) is 0 Å². The molecular formula is C17H14ClNO3. The van der Waals surface area contributed by atoms with Gasteiger partial charge in [-0.05, 0) is 36.4 Å². The van der Waals surface area contributed by atoms with Gasteiger partial charge in [0, 0.05) is 22.8 Å². The predicted octanol–water partition coefficient (Wildman–Crippen LogP) is 3.66. The van der Waals surface area contributed by atoms with E-state index in [-0.39, 0.29) is 12.2 Å². The first-order valence-electron chi connectivity index (χ1n) is 6.52. The molecule has 2 N–H and O–H groups in total. The molecule has 0 aliphatic heterocycles. The van der Waals surface area contributed by atoms with Gasteiger partial charge in [-0.25, -0.2) is 4.79 Å². The Kier molecular flexibility index (Phi) is 5.29. The van der Waals surface area contributed by atoms with Crippen molar-refractivity contribution in [1.29, 1.82) is 0 Å². The standard InChI is InChI=1S/C17H14ClNO3/c1-2-8-22-16-7-6-14(18)9-13(16)11-19-15-5-3-4-12(10-15)17(20)21/h1,3-7,9-10,19H,8,11H2,(H,20,21). The maximum absolute atomic E-state index is 11.0. The molecule has 2 rings (SSSR count). The molecule has 0 bridgehead atoms. The summed E-state index contributed by atoms with van der Waals surface area (Å²) < 4.78 is 5.46. The average molecular weight is 316 g/mol. The maximum atomic E-state index is 11.0. The summed E-state index contributed by atoms with van der Waals surface area (Å²) >= 11 is 6.00. The molecule has 2 aromatic rings. The minimum absolute atomic E-state index is 0.170. The van der Waals surface area contributed by atoms with Gasteiger partial charge in [-0.15, -0.1) is 6.42 Å². The van der Waals surface area contributed by atoms with Crippen LogP contribution in [0, 0.1) is 12.3 Å². The van der Waals surface area contributed by atoms with Gasteiger partial charge in [0.05, 0.1) is 5.56 Å². The van der Waals surface area contributed by atoms with E-state index in [0.29, 0.717) is 23.0 Å². The zero-order valence-corrected chi connectivity index (χ0v) is 12.4. The third kappa shape index (κ3) is 4.18. The smallest absolute Gasteiger partial charge is 0.335 e. The molecule has 0 aliphatic carbocycles. The van der Waals surface area contributed by atoms with E-state index in [0.717, 1.165) is 5.56 Å². The Hall–Kier alpha value is -2.64. The molecule has 0 amide bonds. The molecule has 0 atom stereocenters. The molecule has 0 fully saturated rings. The molecule has 5 heteroatoms. The van der Waals surface area contributed by atoms with E-state index >= 15 is 0 Å². The van der Waals surface area contributed by atoms with Crippen LogP contribution in [0.1, 0.15) is 15.9 Å². The van der Waals surface area contributed by atoms with E-state index < -0.39 is 5.97 Å². The number of hydrogen-bond donors (Lipinski definition) is 2. The Morgan fingerprint density at radius 1 is 1.32 bits per heavy atom. The highest BCUT2D eigenvalue weighted by Gasteiger charge is 2.06. The van der Waals surface area contributed by atoms with Crippen LogP contribution in [0.3, 0.4) is 0 Å². The molecule has 0 radical (unpaired) electrons. The van der Waals surface area contributed by atoms with Gasteiger partial charge in [-0.1, -0.05) is 23.6 Å². The van der Waals surface area contributed by atoms with Crippen molar-refractivity contribution in [2.24, 2.45) is 0 Å². The number of ether oxygens (including phenoxy) is 1. The monoisotopic (exact) mass is 315 g/mol. The fraction of sp³-hybridized carbons (Fsp3) is 0.118. The van der Waals surface area contributed by atoms with E-state index in [2.05, 4.69) is 11.2 Å². The number of benzene rings is 2. The molecule has 0 aliphatic rings. The zero-order valence-electron chi connectivity index (χ0n) is 11.7. The highest BCUT2D eigenvalue weighted by molar-refractivity contribution is 6.30. The Morgan fingerprint density at radius 3 is 2.86 bits per heavy atom. The quantitative estimate of drug-likeness (QED) is 0.799. The first kappa shape index (κ1) is 15.7. The van der Waals surface area contributed by atoms with Gasteiger partial charge in [-0.2, -0.15) is 0 Å². The van der Waals surface area contributed by atoms with Crippen molar-refractivity contribution in [1.82, 2.24) is 0 Å². The van der Waals surface area contributed by atoms with Crippen LogP contribution in [0.25, 0.3) is 0 Å². The molecule has 0 saturated carbocycles. The van der Waals surface area contributed by atoms with Crippen LogP contribution in [0.4, 0.5) is 5.69 Å². The minimum atomic E-state index is -0.968. The van der Waals surface area contributed by atoms with Crippen molar-refractivity contribution in [3.8, 4) is 18.1 Å². The van der Waals surface area contributed by atoms with Crippen LogP contribution in [-0.2, 0) is 6.54 Å². The molecule has 112 valence electrons. The summed E-state index contributed by atoms with van der Waals surface area (Å²) in [7, 11) is 0. The van der Waals surface area contributed by atoms with Crippen molar-refractivity contribution in [3.05, 3.63) is 58.6 Å². The summed E-state index contributed by atoms with van der Waals surface area (Å²) in [6, 6.07) is 11.8. The number of carbonyl (C=O) groups is 1. The summed E-state index contributed by atoms with van der Waals surface area (Å²) in [5.41, 5.74) is 1.76. The molecular weight excluding hydrogens is 302 g/mol. The van der Waals surface area contributed by atoms with E-state index in [1.54, 1.807) is 36.4 Å². The van der Waals surface area contributed by atoms with Crippen molar-refractivity contribution in [3.63, 3.8) is 0 Å². The number of anilines is 1. The molecule has 0 spiro atoms. The van der Waals surface area contributed by atoms with Crippen LogP contribution in [0.5, 0.6) is 5.75 Å². The molecule has 0 unspecified atom stereocenters. The van der Waals surface area contributed by atoms with E-state index in [9.17, 15) is 4.79 Å². The van der Waals surface area contributed by atoms with Crippen LogP contribution < -0.4 is 10.1 Å². The van der Waals surface area contributed by atoms with Crippen molar-refractivity contribution >= 4 is 23.3 Å². The SMILES string of the molecule is C#CCOc1ccc(Cl)cc1CNc1cccc(C(=O)O)c1. The number of halogens is 1. The van der Waals surface area contributed by atoms with Gasteiger partial charge in [0.25, 0.3) is 0 Å². The lowest BCUT2D eigenvalue weighted by Gasteiger charge is -2.12. The van der Waals surface area contributed by atoms with Gasteiger partial charge in [-0.3, -0.25) is 0 Å². The summed E-state index contributed by atoms with van der Waals surface area (Å²) in [6.07, 6.45) is 5.19. The molecule has 4 nitrogen and oxygen atoms in total. The van der Waals surface area contributed by atoms with Crippen molar-refractivity contribution in [2.45, 2.75) is 6.54 Å². The normalized spacial score (nSPS) is 9.82.